The standard InChI is InChI=1S/C14H15N3OS2/c1-11-8-12(10-15-9-11)14(18)17-6-7-19-20-13-4-2-3-5-16-13/h2-5,8-10H,6-7H2,1H3,(H,17,18). The Morgan fingerprint density at radius 1 is 1.35 bits per heavy atom. The quantitative estimate of drug-likeness (QED) is 0.657. The lowest BCUT2D eigenvalue weighted by atomic mass is 10.2. The van der Waals surface area contributed by atoms with Crippen molar-refractivity contribution in [1.82, 2.24) is 15.3 Å². The molecule has 0 aliphatic carbocycles. The Balaban J connectivity index is 1.67. The lowest BCUT2D eigenvalue weighted by molar-refractivity contribution is 0.0955. The number of carbonyl (C=O) groups is 1. The minimum absolute atomic E-state index is 0.0790. The third-order valence-corrected chi connectivity index (χ3v) is 4.66. The third-order valence-electron chi connectivity index (χ3n) is 2.39. The summed E-state index contributed by atoms with van der Waals surface area (Å²) in [6, 6.07) is 7.65. The molecular weight excluding hydrogens is 290 g/mol. The van der Waals surface area contributed by atoms with Crippen molar-refractivity contribution in [3.63, 3.8) is 0 Å². The smallest absolute Gasteiger partial charge is 0.252 e. The molecular formula is C14H15N3OS2. The van der Waals surface area contributed by atoms with E-state index in [1.165, 1.54) is 0 Å². The number of hydrogen-bond acceptors (Lipinski definition) is 5. The summed E-state index contributed by atoms with van der Waals surface area (Å²) >= 11 is 0. The Bertz CT molecular complexity index is 563. The third kappa shape index (κ3) is 4.86. The van der Waals surface area contributed by atoms with Gasteiger partial charge >= 0.3 is 0 Å². The SMILES string of the molecule is Cc1cncc(C(=O)NCCSSc2ccccn2)c1. The van der Waals surface area contributed by atoms with Crippen LogP contribution in [0, 0.1) is 6.92 Å². The van der Waals surface area contributed by atoms with E-state index in [4.69, 9.17) is 0 Å². The van der Waals surface area contributed by atoms with Crippen molar-refractivity contribution in [2.24, 2.45) is 0 Å². The fourth-order valence-electron chi connectivity index (χ4n) is 1.49. The zero-order chi connectivity index (χ0) is 14.2. The van der Waals surface area contributed by atoms with Crippen LogP contribution >= 0.6 is 21.6 Å². The van der Waals surface area contributed by atoms with Gasteiger partial charge in [-0.15, -0.1) is 0 Å². The van der Waals surface area contributed by atoms with Gasteiger partial charge < -0.3 is 5.32 Å². The van der Waals surface area contributed by atoms with Gasteiger partial charge in [0.1, 0.15) is 5.03 Å². The minimum Gasteiger partial charge on any atom is -0.351 e. The van der Waals surface area contributed by atoms with E-state index in [-0.39, 0.29) is 5.91 Å². The van der Waals surface area contributed by atoms with Gasteiger partial charge in [0.2, 0.25) is 0 Å². The first-order chi connectivity index (χ1) is 9.75. The average Bonchev–Trinajstić information content (AvgIpc) is 2.48. The van der Waals surface area contributed by atoms with Gasteiger partial charge in [-0.2, -0.15) is 0 Å². The molecule has 0 aromatic carbocycles. The summed E-state index contributed by atoms with van der Waals surface area (Å²) in [5.41, 5.74) is 1.59. The molecule has 1 N–H and O–H groups in total. The molecule has 0 aliphatic heterocycles. The number of nitrogens with one attached hydrogen (secondary N) is 1. The maximum absolute atomic E-state index is 11.9. The monoisotopic (exact) mass is 305 g/mol. The summed E-state index contributed by atoms with van der Waals surface area (Å²) in [7, 11) is 3.28. The lowest BCUT2D eigenvalue weighted by Crippen LogP contribution is -2.25. The fraction of sp³-hybridized carbons (Fsp3) is 0.214. The number of aromatic nitrogens is 2. The first kappa shape index (κ1) is 14.9. The number of hydrogen-bond donors (Lipinski definition) is 1. The van der Waals surface area contributed by atoms with Crippen LogP contribution in [0.3, 0.4) is 0 Å². The number of aryl methyl sites for hydroxylation is 1. The Morgan fingerprint density at radius 2 is 2.25 bits per heavy atom. The zero-order valence-corrected chi connectivity index (χ0v) is 12.7. The molecule has 4 nitrogen and oxygen atoms in total. The van der Waals surface area contributed by atoms with Crippen molar-refractivity contribution in [3.8, 4) is 0 Å². The van der Waals surface area contributed by atoms with Crippen LogP contribution in [0.4, 0.5) is 0 Å². The minimum atomic E-state index is -0.0790. The molecule has 0 atom stereocenters. The van der Waals surface area contributed by atoms with Crippen molar-refractivity contribution in [2.75, 3.05) is 12.3 Å². The van der Waals surface area contributed by atoms with Gasteiger partial charge in [-0.3, -0.25) is 9.78 Å². The second-order valence-electron chi connectivity index (χ2n) is 4.08. The van der Waals surface area contributed by atoms with Gasteiger partial charge in [0.05, 0.1) is 5.56 Å². The molecule has 0 aliphatic rings. The summed E-state index contributed by atoms with van der Waals surface area (Å²) in [5.74, 6) is 0.747. The molecule has 20 heavy (non-hydrogen) atoms. The molecule has 2 aromatic heterocycles. The second kappa shape index (κ2) is 7.91. The largest absolute Gasteiger partial charge is 0.351 e. The summed E-state index contributed by atoms with van der Waals surface area (Å²) in [4.78, 5) is 20.1. The predicted octanol–water partition coefficient (Wildman–Crippen LogP) is 2.96. The zero-order valence-electron chi connectivity index (χ0n) is 11.1. The van der Waals surface area contributed by atoms with Crippen LogP contribution in [0.1, 0.15) is 15.9 Å². The van der Waals surface area contributed by atoms with E-state index in [0.717, 1.165) is 16.3 Å². The van der Waals surface area contributed by atoms with Crippen LogP contribution in [0.5, 0.6) is 0 Å². The summed E-state index contributed by atoms with van der Waals surface area (Å²) < 4.78 is 0. The lowest BCUT2D eigenvalue weighted by Gasteiger charge is -2.05. The number of carbonyl (C=O) groups excluding carboxylic acids is 1. The highest BCUT2D eigenvalue weighted by Crippen LogP contribution is 2.28. The normalized spacial score (nSPS) is 10.2. The first-order valence-corrected chi connectivity index (χ1v) is 8.48. The molecule has 0 fully saturated rings. The van der Waals surface area contributed by atoms with E-state index >= 15 is 0 Å². The highest BCUT2D eigenvalue weighted by atomic mass is 33.1. The van der Waals surface area contributed by atoms with Crippen molar-refractivity contribution < 1.29 is 4.79 Å². The van der Waals surface area contributed by atoms with Crippen molar-refractivity contribution in [3.05, 3.63) is 54.0 Å². The summed E-state index contributed by atoms with van der Waals surface area (Å²) in [5, 5.41) is 3.86. The van der Waals surface area contributed by atoms with E-state index in [9.17, 15) is 4.79 Å². The van der Waals surface area contributed by atoms with E-state index < -0.39 is 0 Å². The topological polar surface area (TPSA) is 54.9 Å². The molecule has 0 saturated heterocycles. The summed E-state index contributed by atoms with van der Waals surface area (Å²) in [6.45, 7) is 2.54. The van der Waals surface area contributed by atoms with E-state index in [1.54, 1.807) is 40.2 Å². The van der Waals surface area contributed by atoms with E-state index in [0.29, 0.717) is 12.1 Å². The van der Waals surface area contributed by atoms with Crippen molar-refractivity contribution >= 4 is 27.5 Å². The Hall–Kier alpha value is -1.53. The molecule has 104 valence electrons. The molecule has 0 unspecified atom stereocenters. The van der Waals surface area contributed by atoms with Gasteiger partial charge in [0, 0.05) is 30.9 Å². The van der Waals surface area contributed by atoms with Crippen LogP contribution in [-0.2, 0) is 0 Å². The molecule has 0 spiro atoms. The van der Waals surface area contributed by atoms with Crippen LogP contribution < -0.4 is 5.32 Å². The van der Waals surface area contributed by atoms with Crippen LogP contribution in [-0.4, -0.2) is 28.2 Å². The Morgan fingerprint density at radius 3 is 3.00 bits per heavy atom. The molecule has 0 radical (unpaired) electrons. The second-order valence-corrected chi connectivity index (χ2v) is 6.52. The molecule has 0 saturated carbocycles. The fourth-order valence-corrected chi connectivity index (χ4v) is 3.27. The number of pyridine rings is 2. The summed E-state index contributed by atoms with van der Waals surface area (Å²) in [6.07, 6.45) is 5.09. The van der Waals surface area contributed by atoms with Crippen molar-refractivity contribution in [2.45, 2.75) is 11.9 Å². The van der Waals surface area contributed by atoms with E-state index in [2.05, 4.69) is 15.3 Å². The van der Waals surface area contributed by atoms with Gasteiger partial charge in [0.15, 0.2) is 0 Å². The highest BCUT2D eigenvalue weighted by molar-refractivity contribution is 8.76. The van der Waals surface area contributed by atoms with Gasteiger partial charge in [0.25, 0.3) is 5.91 Å². The number of rotatable bonds is 6. The molecule has 6 heteroatoms. The Labute approximate surface area is 126 Å². The maximum atomic E-state index is 11.9. The number of nitrogens with zero attached hydrogens (tertiary/aromatic N) is 2. The maximum Gasteiger partial charge on any atom is 0.252 e. The Kier molecular flexibility index (Phi) is 5.88. The van der Waals surface area contributed by atoms with Crippen LogP contribution in [0.25, 0.3) is 0 Å². The van der Waals surface area contributed by atoms with Gasteiger partial charge in [-0.25, -0.2) is 4.98 Å². The average molecular weight is 305 g/mol. The first-order valence-electron chi connectivity index (χ1n) is 6.16. The van der Waals surface area contributed by atoms with Gasteiger partial charge in [-0.05, 0) is 41.5 Å². The highest BCUT2D eigenvalue weighted by Gasteiger charge is 2.05. The van der Waals surface area contributed by atoms with Crippen LogP contribution in [0.2, 0.25) is 0 Å². The molecule has 2 aromatic rings. The van der Waals surface area contributed by atoms with Crippen LogP contribution in [0.15, 0.2) is 47.9 Å². The van der Waals surface area contributed by atoms with E-state index in [1.807, 2.05) is 31.2 Å². The molecule has 0 bridgehead atoms. The van der Waals surface area contributed by atoms with Gasteiger partial charge in [-0.1, -0.05) is 16.9 Å². The number of amides is 1. The van der Waals surface area contributed by atoms with Crippen molar-refractivity contribution in [1.29, 1.82) is 0 Å². The predicted molar refractivity (Wildman–Crippen MR) is 83.9 cm³/mol. The molecule has 2 heterocycles. The molecule has 1 amide bonds. The molecule has 2 rings (SSSR count).